The standard InChI is InChI=1S/C17H20ClN3O/c1-13-3-2-4-15(9-14-5-7-16(18)8-6-14)17(13,22)10-21-12-19-11-20-21/h5-9,11-13,22H,2-4,10H2,1H3/b15-9+/t13-,17+/m0/s1. The first-order chi connectivity index (χ1) is 10.6. The molecule has 0 radical (unpaired) electrons. The summed E-state index contributed by atoms with van der Waals surface area (Å²) < 4.78 is 1.71. The van der Waals surface area contributed by atoms with Crippen molar-refractivity contribution >= 4 is 17.7 Å². The molecule has 4 nitrogen and oxygen atoms in total. The molecule has 1 fully saturated rings. The largest absolute Gasteiger partial charge is 0.383 e. The molecule has 2 aromatic rings. The molecule has 3 rings (SSSR count). The second-order valence-corrected chi connectivity index (χ2v) is 6.47. The maximum Gasteiger partial charge on any atom is 0.137 e. The molecule has 5 heteroatoms. The summed E-state index contributed by atoms with van der Waals surface area (Å²) in [6, 6.07) is 7.70. The average Bonchev–Trinajstić information content (AvgIpc) is 2.99. The van der Waals surface area contributed by atoms with Gasteiger partial charge in [-0.3, -0.25) is 0 Å². The van der Waals surface area contributed by atoms with Crippen LogP contribution in [0.15, 0.2) is 42.5 Å². The van der Waals surface area contributed by atoms with Crippen LogP contribution in [0.3, 0.4) is 0 Å². The van der Waals surface area contributed by atoms with E-state index in [4.69, 9.17) is 11.6 Å². The van der Waals surface area contributed by atoms with Crippen LogP contribution in [-0.4, -0.2) is 25.5 Å². The zero-order chi connectivity index (χ0) is 15.6. The Morgan fingerprint density at radius 2 is 2.18 bits per heavy atom. The minimum atomic E-state index is -0.883. The lowest BCUT2D eigenvalue weighted by atomic mass is 9.72. The van der Waals surface area contributed by atoms with Gasteiger partial charge in [0.2, 0.25) is 0 Å². The van der Waals surface area contributed by atoms with Gasteiger partial charge in [0.1, 0.15) is 18.3 Å². The molecule has 1 aliphatic carbocycles. The Kier molecular flexibility index (Phi) is 4.32. The number of halogens is 1. The summed E-state index contributed by atoms with van der Waals surface area (Å²) in [5.41, 5.74) is 1.24. The quantitative estimate of drug-likeness (QED) is 0.941. The van der Waals surface area contributed by atoms with Gasteiger partial charge in [-0.2, -0.15) is 5.10 Å². The molecule has 22 heavy (non-hydrogen) atoms. The van der Waals surface area contributed by atoms with E-state index in [2.05, 4.69) is 23.1 Å². The van der Waals surface area contributed by atoms with Crippen molar-refractivity contribution in [1.29, 1.82) is 0 Å². The lowest BCUT2D eigenvalue weighted by molar-refractivity contribution is -0.0126. The fourth-order valence-corrected chi connectivity index (χ4v) is 3.27. The van der Waals surface area contributed by atoms with Gasteiger partial charge in [0, 0.05) is 5.02 Å². The molecule has 1 aromatic heterocycles. The van der Waals surface area contributed by atoms with Gasteiger partial charge in [-0.25, -0.2) is 9.67 Å². The van der Waals surface area contributed by atoms with Crippen molar-refractivity contribution in [2.75, 3.05) is 0 Å². The number of rotatable bonds is 3. The summed E-state index contributed by atoms with van der Waals surface area (Å²) in [6.45, 7) is 2.54. The summed E-state index contributed by atoms with van der Waals surface area (Å²) in [6.07, 6.45) is 8.25. The molecule has 0 bridgehead atoms. The number of aliphatic hydroxyl groups is 1. The molecule has 0 saturated heterocycles. The highest BCUT2D eigenvalue weighted by atomic mass is 35.5. The van der Waals surface area contributed by atoms with Crippen molar-refractivity contribution in [3.05, 3.63) is 53.1 Å². The second-order valence-electron chi connectivity index (χ2n) is 6.03. The van der Waals surface area contributed by atoms with Crippen LogP contribution in [-0.2, 0) is 6.54 Å². The van der Waals surface area contributed by atoms with Crippen molar-refractivity contribution in [3.8, 4) is 0 Å². The van der Waals surface area contributed by atoms with E-state index in [1.54, 1.807) is 11.0 Å². The molecule has 1 heterocycles. The van der Waals surface area contributed by atoms with E-state index in [0.717, 1.165) is 35.4 Å². The Bertz CT molecular complexity index is 651. The van der Waals surface area contributed by atoms with Crippen LogP contribution in [0.2, 0.25) is 5.02 Å². The molecule has 116 valence electrons. The first-order valence-electron chi connectivity index (χ1n) is 7.59. The molecule has 1 aliphatic rings. The van der Waals surface area contributed by atoms with Gasteiger partial charge in [-0.05, 0) is 48.4 Å². The number of benzene rings is 1. The first kappa shape index (κ1) is 15.3. The van der Waals surface area contributed by atoms with E-state index in [1.165, 1.54) is 6.33 Å². The number of nitrogens with zero attached hydrogens (tertiary/aromatic N) is 3. The average molecular weight is 318 g/mol. The van der Waals surface area contributed by atoms with Crippen molar-refractivity contribution in [1.82, 2.24) is 14.8 Å². The SMILES string of the molecule is C[C@H]1CCC/C(=C\c2ccc(Cl)cc2)[C@@]1(O)Cn1cncn1. The highest BCUT2D eigenvalue weighted by molar-refractivity contribution is 6.30. The minimum absolute atomic E-state index is 0.184. The third-order valence-electron chi connectivity index (χ3n) is 4.54. The zero-order valence-electron chi connectivity index (χ0n) is 12.6. The first-order valence-corrected chi connectivity index (χ1v) is 7.97. The van der Waals surface area contributed by atoms with Crippen LogP contribution < -0.4 is 0 Å². The van der Waals surface area contributed by atoms with E-state index in [1.807, 2.05) is 24.3 Å². The zero-order valence-corrected chi connectivity index (χ0v) is 13.4. The summed E-state index contributed by atoms with van der Waals surface area (Å²) in [5, 5.41) is 16.2. The van der Waals surface area contributed by atoms with Crippen LogP contribution in [0.5, 0.6) is 0 Å². The van der Waals surface area contributed by atoms with Crippen molar-refractivity contribution in [2.24, 2.45) is 5.92 Å². The molecule has 0 amide bonds. The highest BCUT2D eigenvalue weighted by Gasteiger charge is 2.40. The molecule has 1 saturated carbocycles. The van der Waals surface area contributed by atoms with Gasteiger partial charge >= 0.3 is 0 Å². The van der Waals surface area contributed by atoms with Gasteiger partial charge < -0.3 is 5.11 Å². The summed E-state index contributed by atoms with van der Waals surface area (Å²) in [4.78, 5) is 3.97. The van der Waals surface area contributed by atoms with Crippen LogP contribution in [0, 0.1) is 5.92 Å². The predicted octanol–water partition coefficient (Wildman–Crippen LogP) is 3.57. The molecule has 1 N–H and O–H groups in total. The molecular weight excluding hydrogens is 298 g/mol. The Labute approximate surface area is 135 Å². The van der Waals surface area contributed by atoms with Gasteiger partial charge in [0.15, 0.2) is 0 Å². The van der Waals surface area contributed by atoms with Crippen LogP contribution in [0.25, 0.3) is 6.08 Å². The molecule has 1 aromatic carbocycles. The van der Waals surface area contributed by atoms with E-state index < -0.39 is 5.60 Å². The summed E-state index contributed by atoms with van der Waals surface area (Å²) in [7, 11) is 0. The number of hydrogen-bond acceptors (Lipinski definition) is 3. The van der Waals surface area contributed by atoms with Crippen LogP contribution >= 0.6 is 11.6 Å². The van der Waals surface area contributed by atoms with Crippen molar-refractivity contribution in [3.63, 3.8) is 0 Å². The monoisotopic (exact) mass is 317 g/mol. The molecule has 0 aliphatic heterocycles. The van der Waals surface area contributed by atoms with Crippen LogP contribution in [0.1, 0.15) is 31.7 Å². The van der Waals surface area contributed by atoms with Gasteiger partial charge in [0.25, 0.3) is 0 Å². The number of hydrogen-bond donors (Lipinski definition) is 1. The summed E-state index contributed by atoms with van der Waals surface area (Å²) in [5.74, 6) is 0.184. The minimum Gasteiger partial charge on any atom is -0.383 e. The second kappa shape index (κ2) is 6.23. The molecule has 0 unspecified atom stereocenters. The van der Waals surface area contributed by atoms with E-state index >= 15 is 0 Å². The third-order valence-corrected chi connectivity index (χ3v) is 4.79. The van der Waals surface area contributed by atoms with Gasteiger partial charge in [-0.15, -0.1) is 0 Å². The van der Waals surface area contributed by atoms with Crippen LogP contribution in [0.4, 0.5) is 0 Å². The van der Waals surface area contributed by atoms with E-state index in [0.29, 0.717) is 6.54 Å². The Balaban J connectivity index is 1.93. The lowest BCUT2D eigenvalue weighted by Crippen LogP contribution is -2.45. The Morgan fingerprint density at radius 1 is 1.41 bits per heavy atom. The molecule has 0 spiro atoms. The van der Waals surface area contributed by atoms with Crippen molar-refractivity contribution < 1.29 is 5.11 Å². The highest BCUT2D eigenvalue weighted by Crippen LogP contribution is 2.40. The smallest absolute Gasteiger partial charge is 0.137 e. The Morgan fingerprint density at radius 3 is 2.86 bits per heavy atom. The van der Waals surface area contributed by atoms with Gasteiger partial charge in [0.05, 0.1) is 6.54 Å². The van der Waals surface area contributed by atoms with Crippen molar-refractivity contribution in [2.45, 2.75) is 38.3 Å². The maximum atomic E-state index is 11.3. The van der Waals surface area contributed by atoms with E-state index in [9.17, 15) is 5.11 Å². The lowest BCUT2D eigenvalue weighted by Gasteiger charge is -2.40. The molecular formula is C17H20ClN3O. The topological polar surface area (TPSA) is 50.9 Å². The predicted molar refractivity (Wildman–Crippen MR) is 87.4 cm³/mol. The fourth-order valence-electron chi connectivity index (χ4n) is 3.15. The normalized spacial score (nSPS) is 27.2. The maximum absolute atomic E-state index is 11.3. The Hall–Kier alpha value is -1.65. The van der Waals surface area contributed by atoms with E-state index in [-0.39, 0.29) is 5.92 Å². The molecule has 2 atom stereocenters. The third kappa shape index (κ3) is 3.08. The summed E-state index contributed by atoms with van der Waals surface area (Å²) >= 11 is 5.94. The van der Waals surface area contributed by atoms with Gasteiger partial charge in [-0.1, -0.05) is 36.7 Å². The number of aromatic nitrogens is 3. The fraction of sp³-hybridized carbons (Fsp3) is 0.412.